The van der Waals surface area contributed by atoms with Crippen LogP contribution < -0.4 is 10.1 Å². The lowest BCUT2D eigenvalue weighted by Gasteiger charge is -2.09. The molecule has 0 fully saturated rings. The summed E-state index contributed by atoms with van der Waals surface area (Å²) < 4.78 is 10.7. The maximum atomic E-state index is 6.11. The van der Waals surface area contributed by atoms with Crippen LogP contribution in [0.1, 0.15) is 18.2 Å². The van der Waals surface area contributed by atoms with E-state index in [2.05, 4.69) is 5.32 Å². The van der Waals surface area contributed by atoms with E-state index in [1.54, 1.807) is 6.26 Å². The fourth-order valence-electron chi connectivity index (χ4n) is 1.65. The van der Waals surface area contributed by atoms with E-state index < -0.39 is 0 Å². The molecule has 0 saturated heterocycles. The minimum Gasteiger partial charge on any atom is -0.492 e. The van der Waals surface area contributed by atoms with Gasteiger partial charge in [-0.05, 0) is 43.7 Å². The highest BCUT2D eigenvalue weighted by Crippen LogP contribution is 2.28. The number of ether oxygens (including phenoxy) is 1. The Morgan fingerprint density at radius 1 is 1.33 bits per heavy atom. The van der Waals surface area contributed by atoms with Gasteiger partial charge in [-0.2, -0.15) is 0 Å². The SMILES string of the molecule is CCOc1ccc(NCc2occc2C)cc1Cl. The lowest BCUT2D eigenvalue weighted by Crippen LogP contribution is -2.00. The van der Waals surface area contributed by atoms with Gasteiger partial charge in [0.15, 0.2) is 0 Å². The maximum Gasteiger partial charge on any atom is 0.138 e. The highest BCUT2D eigenvalue weighted by atomic mass is 35.5. The molecule has 1 aromatic carbocycles. The van der Waals surface area contributed by atoms with Crippen LogP contribution in [0.5, 0.6) is 5.75 Å². The standard InChI is InChI=1S/C14H16ClNO2/c1-3-17-13-5-4-11(8-12(13)15)16-9-14-10(2)6-7-18-14/h4-8,16H,3,9H2,1-2H3. The topological polar surface area (TPSA) is 34.4 Å². The van der Waals surface area contributed by atoms with Crippen molar-refractivity contribution in [3.05, 3.63) is 46.9 Å². The third-order valence-corrected chi connectivity index (χ3v) is 2.95. The van der Waals surface area contributed by atoms with Gasteiger partial charge in [0.25, 0.3) is 0 Å². The minimum atomic E-state index is 0.609. The highest BCUT2D eigenvalue weighted by Gasteiger charge is 2.04. The van der Waals surface area contributed by atoms with Gasteiger partial charge in [0.1, 0.15) is 11.5 Å². The summed E-state index contributed by atoms with van der Waals surface area (Å²) >= 11 is 6.11. The molecule has 0 amide bonds. The van der Waals surface area contributed by atoms with E-state index >= 15 is 0 Å². The lowest BCUT2D eigenvalue weighted by atomic mass is 10.2. The lowest BCUT2D eigenvalue weighted by molar-refractivity contribution is 0.340. The van der Waals surface area contributed by atoms with Crippen molar-refractivity contribution in [1.82, 2.24) is 0 Å². The first-order chi connectivity index (χ1) is 8.70. The summed E-state index contributed by atoms with van der Waals surface area (Å²) in [7, 11) is 0. The Bertz CT molecular complexity index is 522. The molecule has 2 rings (SSSR count). The molecule has 0 saturated carbocycles. The summed E-state index contributed by atoms with van der Waals surface area (Å²) in [6.07, 6.45) is 1.69. The van der Waals surface area contributed by atoms with Crippen molar-refractivity contribution in [3.8, 4) is 5.75 Å². The second kappa shape index (κ2) is 5.83. The van der Waals surface area contributed by atoms with Crippen molar-refractivity contribution < 1.29 is 9.15 Å². The predicted molar refractivity (Wildman–Crippen MR) is 73.4 cm³/mol. The molecular weight excluding hydrogens is 250 g/mol. The smallest absolute Gasteiger partial charge is 0.138 e. The van der Waals surface area contributed by atoms with Crippen molar-refractivity contribution in [2.75, 3.05) is 11.9 Å². The van der Waals surface area contributed by atoms with E-state index in [0.717, 1.165) is 17.0 Å². The Morgan fingerprint density at radius 3 is 2.78 bits per heavy atom. The number of anilines is 1. The Labute approximate surface area is 112 Å². The van der Waals surface area contributed by atoms with E-state index in [1.165, 1.54) is 0 Å². The number of benzene rings is 1. The minimum absolute atomic E-state index is 0.609. The molecule has 1 heterocycles. The molecule has 0 radical (unpaired) electrons. The number of hydrogen-bond donors (Lipinski definition) is 1. The van der Waals surface area contributed by atoms with Gasteiger partial charge in [0.2, 0.25) is 0 Å². The molecule has 0 unspecified atom stereocenters. The van der Waals surface area contributed by atoms with Crippen molar-refractivity contribution in [1.29, 1.82) is 0 Å². The third kappa shape index (κ3) is 2.99. The van der Waals surface area contributed by atoms with Gasteiger partial charge < -0.3 is 14.5 Å². The number of rotatable bonds is 5. The second-order valence-corrected chi connectivity index (χ2v) is 4.37. The van der Waals surface area contributed by atoms with Crippen LogP contribution in [0.15, 0.2) is 34.9 Å². The molecule has 0 spiro atoms. The van der Waals surface area contributed by atoms with Crippen LogP contribution in [-0.4, -0.2) is 6.61 Å². The van der Waals surface area contributed by atoms with Gasteiger partial charge >= 0.3 is 0 Å². The average molecular weight is 266 g/mol. The van der Waals surface area contributed by atoms with Crippen LogP contribution in [0.4, 0.5) is 5.69 Å². The largest absolute Gasteiger partial charge is 0.492 e. The molecule has 1 aromatic heterocycles. The fraction of sp³-hybridized carbons (Fsp3) is 0.286. The van der Waals surface area contributed by atoms with Gasteiger partial charge in [-0.15, -0.1) is 0 Å². The van der Waals surface area contributed by atoms with Crippen molar-refractivity contribution >= 4 is 17.3 Å². The Morgan fingerprint density at radius 2 is 2.17 bits per heavy atom. The zero-order chi connectivity index (χ0) is 13.0. The van der Waals surface area contributed by atoms with Crippen molar-refractivity contribution in [2.24, 2.45) is 0 Å². The van der Waals surface area contributed by atoms with E-state index in [-0.39, 0.29) is 0 Å². The van der Waals surface area contributed by atoms with Gasteiger partial charge in [-0.25, -0.2) is 0 Å². The van der Waals surface area contributed by atoms with Gasteiger partial charge in [0, 0.05) is 5.69 Å². The summed E-state index contributed by atoms with van der Waals surface area (Å²) in [6, 6.07) is 7.60. The molecule has 2 aromatic rings. The Hall–Kier alpha value is -1.61. The van der Waals surface area contributed by atoms with Crippen molar-refractivity contribution in [3.63, 3.8) is 0 Å². The molecule has 18 heavy (non-hydrogen) atoms. The second-order valence-electron chi connectivity index (χ2n) is 3.96. The van der Waals surface area contributed by atoms with Crippen LogP contribution in [-0.2, 0) is 6.54 Å². The highest BCUT2D eigenvalue weighted by molar-refractivity contribution is 6.32. The number of aryl methyl sites for hydroxylation is 1. The monoisotopic (exact) mass is 265 g/mol. The molecule has 0 atom stereocenters. The van der Waals surface area contributed by atoms with E-state index in [1.807, 2.05) is 38.1 Å². The van der Waals surface area contributed by atoms with Crippen LogP contribution in [0.25, 0.3) is 0 Å². The first-order valence-corrected chi connectivity index (χ1v) is 6.27. The quantitative estimate of drug-likeness (QED) is 0.877. The molecular formula is C14H16ClNO2. The molecule has 96 valence electrons. The molecule has 0 aliphatic carbocycles. The zero-order valence-corrected chi connectivity index (χ0v) is 11.3. The number of hydrogen-bond acceptors (Lipinski definition) is 3. The number of furan rings is 1. The first kappa shape index (κ1) is 12.8. The summed E-state index contributed by atoms with van der Waals surface area (Å²) in [6.45, 7) is 5.20. The Balaban J connectivity index is 2.02. The van der Waals surface area contributed by atoms with E-state index in [9.17, 15) is 0 Å². The van der Waals surface area contributed by atoms with Crippen LogP contribution in [0.2, 0.25) is 5.02 Å². The third-order valence-electron chi connectivity index (χ3n) is 2.65. The normalized spacial score (nSPS) is 10.4. The molecule has 1 N–H and O–H groups in total. The average Bonchev–Trinajstić information content (AvgIpc) is 2.76. The molecule has 0 aliphatic rings. The van der Waals surface area contributed by atoms with Crippen LogP contribution in [0.3, 0.4) is 0 Å². The van der Waals surface area contributed by atoms with Crippen LogP contribution in [0, 0.1) is 6.92 Å². The van der Waals surface area contributed by atoms with Gasteiger partial charge in [-0.1, -0.05) is 11.6 Å². The Kier molecular flexibility index (Phi) is 4.15. The number of halogens is 1. The van der Waals surface area contributed by atoms with E-state index in [4.69, 9.17) is 20.8 Å². The van der Waals surface area contributed by atoms with Gasteiger partial charge in [0.05, 0.1) is 24.4 Å². The predicted octanol–water partition coefficient (Wildman–Crippen LogP) is 4.25. The molecule has 0 aliphatic heterocycles. The summed E-state index contributed by atoms with van der Waals surface area (Å²) in [5.41, 5.74) is 2.08. The molecule has 0 bridgehead atoms. The summed E-state index contributed by atoms with van der Waals surface area (Å²) in [4.78, 5) is 0. The van der Waals surface area contributed by atoms with E-state index in [0.29, 0.717) is 23.9 Å². The maximum absolute atomic E-state index is 6.11. The molecule has 3 nitrogen and oxygen atoms in total. The zero-order valence-electron chi connectivity index (χ0n) is 10.5. The van der Waals surface area contributed by atoms with Crippen LogP contribution >= 0.6 is 11.6 Å². The number of nitrogens with one attached hydrogen (secondary N) is 1. The fourth-order valence-corrected chi connectivity index (χ4v) is 1.89. The first-order valence-electron chi connectivity index (χ1n) is 5.90. The summed E-state index contributed by atoms with van der Waals surface area (Å²) in [5, 5.41) is 3.87. The summed E-state index contributed by atoms with van der Waals surface area (Å²) in [5.74, 6) is 1.64. The molecule has 4 heteroatoms. The van der Waals surface area contributed by atoms with Gasteiger partial charge in [-0.3, -0.25) is 0 Å². The van der Waals surface area contributed by atoms with Crippen molar-refractivity contribution in [2.45, 2.75) is 20.4 Å².